The smallest absolute Gasteiger partial charge is 0.316 e. The van der Waals surface area contributed by atoms with Gasteiger partial charge in [0.15, 0.2) is 0 Å². The first-order valence-corrected chi connectivity index (χ1v) is 7.21. The number of halogens is 3. The Kier molecular flexibility index (Phi) is 4.18. The number of alkyl halides is 3. The van der Waals surface area contributed by atoms with Gasteiger partial charge in [-0.3, -0.25) is 14.7 Å². The van der Waals surface area contributed by atoms with Gasteiger partial charge in [0.05, 0.1) is 11.3 Å². The molecule has 3 rings (SSSR count). The van der Waals surface area contributed by atoms with Crippen LogP contribution in [0.4, 0.5) is 18.9 Å². The van der Waals surface area contributed by atoms with Crippen molar-refractivity contribution in [3.8, 4) is 5.69 Å². The highest BCUT2D eigenvalue weighted by Gasteiger charge is 2.30. The summed E-state index contributed by atoms with van der Waals surface area (Å²) in [5.41, 5.74) is -0.798. The van der Waals surface area contributed by atoms with Gasteiger partial charge in [0.1, 0.15) is 5.69 Å². The zero-order valence-electron chi connectivity index (χ0n) is 12.7. The van der Waals surface area contributed by atoms with Crippen molar-refractivity contribution >= 4 is 11.6 Å². The van der Waals surface area contributed by atoms with Crippen LogP contribution in [-0.4, -0.2) is 15.7 Å². The van der Waals surface area contributed by atoms with Gasteiger partial charge in [-0.1, -0.05) is 18.2 Å². The Morgan fingerprint density at radius 2 is 1.64 bits per heavy atom. The molecule has 0 saturated carbocycles. The maximum atomic E-state index is 12.6. The fourth-order valence-electron chi connectivity index (χ4n) is 2.23. The number of benzene rings is 2. The van der Waals surface area contributed by atoms with Crippen LogP contribution in [0.2, 0.25) is 0 Å². The molecule has 1 aromatic heterocycles. The lowest BCUT2D eigenvalue weighted by Gasteiger charge is -2.07. The number of rotatable bonds is 3. The lowest BCUT2D eigenvalue weighted by atomic mass is 10.2. The second-order valence-corrected chi connectivity index (χ2v) is 5.19. The third kappa shape index (κ3) is 3.47. The van der Waals surface area contributed by atoms with E-state index >= 15 is 0 Å². The molecule has 0 spiro atoms. The molecule has 0 bridgehead atoms. The minimum Gasteiger partial charge on any atom is -0.316 e. The van der Waals surface area contributed by atoms with Crippen molar-refractivity contribution in [3.63, 3.8) is 0 Å². The zero-order chi connectivity index (χ0) is 18.0. The molecule has 1 amide bonds. The van der Waals surface area contributed by atoms with Gasteiger partial charge in [0.2, 0.25) is 0 Å². The molecule has 0 radical (unpaired) electrons. The molecule has 2 N–H and O–H groups in total. The van der Waals surface area contributed by atoms with Gasteiger partial charge >= 0.3 is 6.18 Å². The van der Waals surface area contributed by atoms with Gasteiger partial charge in [-0.05, 0) is 36.4 Å². The van der Waals surface area contributed by atoms with Crippen LogP contribution in [0.5, 0.6) is 0 Å². The van der Waals surface area contributed by atoms with Crippen LogP contribution in [0, 0.1) is 0 Å². The molecule has 0 unspecified atom stereocenters. The molecule has 0 saturated heterocycles. The highest BCUT2D eigenvalue weighted by molar-refractivity contribution is 6.04. The molecule has 0 aliphatic carbocycles. The van der Waals surface area contributed by atoms with Crippen molar-refractivity contribution < 1.29 is 18.0 Å². The van der Waals surface area contributed by atoms with E-state index in [1.165, 1.54) is 18.3 Å². The predicted octanol–water partition coefficient (Wildman–Crippen LogP) is 3.44. The van der Waals surface area contributed by atoms with E-state index in [2.05, 4.69) is 10.4 Å². The fourth-order valence-corrected chi connectivity index (χ4v) is 2.23. The fraction of sp³-hybridized carbons (Fsp3) is 0.0588. The summed E-state index contributed by atoms with van der Waals surface area (Å²) in [7, 11) is 0. The second kappa shape index (κ2) is 6.31. The molecule has 25 heavy (non-hydrogen) atoms. The van der Waals surface area contributed by atoms with Gasteiger partial charge < -0.3 is 5.32 Å². The molecule has 0 atom stereocenters. The van der Waals surface area contributed by atoms with Crippen molar-refractivity contribution in [2.45, 2.75) is 6.18 Å². The molecular formula is C17H12F3N3O2. The van der Waals surface area contributed by atoms with Crippen LogP contribution in [0.25, 0.3) is 5.69 Å². The topological polar surface area (TPSA) is 66.9 Å². The summed E-state index contributed by atoms with van der Waals surface area (Å²) in [4.78, 5) is 24.4. The standard InChI is InChI=1S/C17H12F3N3O2/c18-17(19,20)12-6-8-13(9-7-12)23-16(25)14(10-21-23)22-15(24)11-4-2-1-3-5-11/h1-10,21H,(H,22,24). The van der Waals surface area contributed by atoms with Crippen molar-refractivity contribution in [1.82, 2.24) is 9.78 Å². The molecule has 0 aliphatic rings. The lowest BCUT2D eigenvalue weighted by Crippen LogP contribution is -2.21. The molecule has 128 valence electrons. The van der Waals surface area contributed by atoms with Crippen LogP contribution >= 0.6 is 0 Å². The molecule has 5 nitrogen and oxygen atoms in total. The van der Waals surface area contributed by atoms with Crippen molar-refractivity contribution in [2.75, 3.05) is 5.32 Å². The third-order valence-electron chi connectivity index (χ3n) is 3.51. The number of carbonyl (C=O) groups is 1. The molecule has 8 heteroatoms. The molecule has 1 heterocycles. The van der Waals surface area contributed by atoms with E-state index in [1.807, 2.05) is 0 Å². The van der Waals surface area contributed by atoms with E-state index < -0.39 is 23.2 Å². The number of aromatic nitrogens is 2. The summed E-state index contributed by atoms with van der Waals surface area (Å²) in [6.07, 6.45) is -3.17. The maximum Gasteiger partial charge on any atom is 0.416 e. The Morgan fingerprint density at radius 1 is 1.00 bits per heavy atom. The number of amides is 1. The van der Waals surface area contributed by atoms with Gasteiger partial charge in [-0.2, -0.15) is 13.2 Å². The van der Waals surface area contributed by atoms with E-state index in [4.69, 9.17) is 0 Å². The Morgan fingerprint density at radius 3 is 2.24 bits per heavy atom. The van der Waals surface area contributed by atoms with Gasteiger partial charge in [0, 0.05) is 11.8 Å². The van der Waals surface area contributed by atoms with E-state index in [1.54, 1.807) is 30.3 Å². The van der Waals surface area contributed by atoms with Crippen molar-refractivity contribution in [1.29, 1.82) is 0 Å². The number of nitrogens with zero attached hydrogens (tertiary/aromatic N) is 1. The Labute approximate surface area is 139 Å². The molecule has 0 fully saturated rings. The molecule has 3 aromatic rings. The number of hydrogen-bond donors (Lipinski definition) is 2. The Hall–Kier alpha value is -3.29. The van der Waals surface area contributed by atoms with Crippen molar-refractivity contribution in [3.05, 3.63) is 82.3 Å². The van der Waals surface area contributed by atoms with Gasteiger partial charge in [-0.25, -0.2) is 4.68 Å². The first-order chi connectivity index (χ1) is 11.9. The number of aromatic amines is 1. The molecular weight excluding hydrogens is 335 g/mol. The minimum absolute atomic E-state index is 0.00579. The Balaban J connectivity index is 1.84. The summed E-state index contributed by atoms with van der Waals surface area (Å²) in [6, 6.07) is 12.4. The Bertz CT molecular complexity index is 942. The summed E-state index contributed by atoms with van der Waals surface area (Å²) >= 11 is 0. The average Bonchev–Trinajstić information content (AvgIpc) is 2.96. The number of H-pyrrole nitrogens is 1. The van der Waals surface area contributed by atoms with E-state index in [0.29, 0.717) is 5.56 Å². The summed E-state index contributed by atoms with van der Waals surface area (Å²) in [6.45, 7) is 0. The monoisotopic (exact) mass is 347 g/mol. The summed E-state index contributed by atoms with van der Waals surface area (Å²) in [5.74, 6) is -0.462. The maximum absolute atomic E-state index is 12.6. The first-order valence-electron chi connectivity index (χ1n) is 7.21. The highest BCUT2D eigenvalue weighted by Crippen LogP contribution is 2.29. The van der Waals surface area contributed by atoms with Crippen LogP contribution < -0.4 is 10.9 Å². The van der Waals surface area contributed by atoms with E-state index in [-0.39, 0.29) is 11.4 Å². The number of carbonyl (C=O) groups excluding carboxylic acids is 1. The quantitative estimate of drug-likeness (QED) is 0.762. The second-order valence-electron chi connectivity index (χ2n) is 5.19. The van der Waals surface area contributed by atoms with Gasteiger partial charge in [0.25, 0.3) is 11.5 Å². The van der Waals surface area contributed by atoms with Gasteiger partial charge in [-0.15, -0.1) is 0 Å². The lowest BCUT2D eigenvalue weighted by molar-refractivity contribution is -0.137. The van der Waals surface area contributed by atoms with E-state index in [0.717, 1.165) is 16.8 Å². The van der Waals surface area contributed by atoms with Crippen molar-refractivity contribution in [2.24, 2.45) is 0 Å². The molecule has 2 aromatic carbocycles. The summed E-state index contributed by atoms with van der Waals surface area (Å²) in [5, 5.41) is 5.08. The number of anilines is 1. The van der Waals surface area contributed by atoms with Crippen LogP contribution in [0.15, 0.2) is 65.6 Å². The van der Waals surface area contributed by atoms with Crippen LogP contribution in [0.3, 0.4) is 0 Å². The number of nitrogens with one attached hydrogen (secondary N) is 2. The SMILES string of the molecule is O=C(Nc1c[nH]n(-c2ccc(C(F)(F)F)cc2)c1=O)c1ccccc1. The average molecular weight is 347 g/mol. The minimum atomic E-state index is -4.45. The summed E-state index contributed by atoms with van der Waals surface area (Å²) < 4.78 is 38.8. The first kappa shape index (κ1) is 16.6. The van der Waals surface area contributed by atoms with Crippen LogP contribution in [0.1, 0.15) is 15.9 Å². The third-order valence-corrected chi connectivity index (χ3v) is 3.51. The normalized spacial score (nSPS) is 11.3. The highest BCUT2D eigenvalue weighted by atomic mass is 19.4. The number of hydrogen-bond acceptors (Lipinski definition) is 2. The van der Waals surface area contributed by atoms with Crippen LogP contribution in [-0.2, 0) is 6.18 Å². The predicted molar refractivity (Wildman–Crippen MR) is 85.8 cm³/mol. The zero-order valence-corrected chi connectivity index (χ0v) is 12.7. The molecule has 0 aliphatic heterocycles. The largest absolute Gasteiger partial charge is 0.416 e. The van der Waals surface area contributed by atoms with E-state index in [9.17, 15) is 22.8 Å².